The van der Waals surface area contributed by atoms with Gasteiger partial charge in [-0.2, -0.15) is 5.26 Å². The van der Waals surface area contributed by atoms with Crippen LogP contribution in [-0.2, 0) is 6.42 Å². The Morgan fingerprint density at radius 1 is 1.21 bits per heavy atom. The van der Waals surface area contributed by atoms with Crippen LogP contribution in [0.3, 0.4) is 0 Å². The molecule has 0 fully saturated rings. The fourth-order valence-electron chi connectivity index (χ4n) is 1.42. The van der Waals surface area contributed by atoms with Gasteiger partial charge in [0.1, 0.15) is 11.6 Å². The molecule has 0 atom stereocenters. The van der Waals surface area contributed by atoms with Gasteiger partial charge in [-0.15, -0.1) is 0 Å². The molecule has 0 radical (unpaired) electrons. The van der Waals surface area contributed by atoms with E-state index in [4.69, 9.17) is 5.26 Å². The fraction of sp³-hybridized carbons (Fsp3) is 0.364. The molecule has 0 aromatic heterocycles. The normalized spacial score (nSPS) is 9.93. The number of hydrogen-bond donors (Lipinski definition) is 0. The molecule has 0 saturated heterocycles. The maximum absolute atomic E-state index is 13.4. The Bertz CT molecular complexity index is 365. The highest BCUT2D eigenvalue weighted by Gasteiger charge is 2.13. The smallest absolute Gasteiger partial charge is 0.132 e. The number of halogens is 2. The lowest BCUT2D eigenvalue weighted by Crippen LogP contribution is -2.00. The summed E-state index contributed by atoms with van der Waals surface area (Å²) in [6.45, 7) is 3.19. The van der Waals surface area contributed by atoms with Crippen molar-refractivity contribution < 1.29 is 8.78 Å². The average molecular weight is 195 g/mol. The van der Waals surface area contributed by atoms with E-state index >= 15 is 0 Å². The van der Waals surface area contributed by atoms with E-state index in [0.29, 0.717) is 11.1 Å². The first-order valence-corrected chi connectivity index (χ1v) is 4.39. The molecule has 1 aromatic carbocycles. The first-order valence-electron chi connectivity index (χ1n) is 4.39. The lowest BCUT2D eigenvalue weighted by atomic mass is 10.0. The fourth-order valence-corrected chi connectivity index (χ4v) is 1.42. The van der Waals surface area contributed by atoms with Gasteiger partial charge >= 0.3 is 0 Å². The van der Waals surface area contributed by atoms with E-state index in [1.165, 1.54) is 6.07 Å². The van der Waals surface area contributed by atoms with Gasteiger partial charge < -0.3 is 0 Å². The molecule has 0 spiro atoms. The second-order valence-corrected chi connectivity index (χ2v) is 3.27. The molecule has 0 amide bonds. The van der Waals surface area contributed by atoms with Crippen molar-refractivity contribution in [3.05, 3.63) is 34.4 Å². The lowest BCUT2D eigenvalue weighted by Gasteiger charge is -2.08. The zero-order valence-corrected chi connectivity index (χ0v) is 8.19. The number of hydrogen-bond acceptors (Lipinski definition) is 1. The molecule has 3 heteroatoms. The van der Waals surface area contributed by atoms with Crippen LogP contribution < -0.4 is 0 Å². The van der Waals surface area contributed by atoms with E-state index < -0.39 is 11.6 Å². The Kier molecular flexibility index (Phi) is 3.19. The van der Waals surface area contributed by atoms with Crippen LogP contribution in [0.15, 0.2) is 6.07 Å². The van der Waals surface area contributed by atoms with Gasteiger partial charge in [0.05, 0.1) is 6.07 Å². The van der Waals surface area contributed by atoms with Crippen molar-refractivity contribution in [2.45, 2.75) is 26.7 Å². The molecule has 0 aliphatic rings. The molecule has 0 bridgehead atoms. The van der Waals surface area contributed by atoms with Crippen molar-refractivity contribution in [1.29, 1.82) is 5.26 Å². The van der Waals surface area contributed by atoms with Crippen LogP contribution in [0.1, 0.15) is 23.1 Å². The Morgan fingerprint density at radius 3 is 2.14 bits per heavy atom. The second kappa shape index (κ2) is 4.19. The minimum Gasteiger partial charge on any atom is -0.206 e. The van der Waals surface area contributed by atoms with Gasteiger partial charge in [0.25, 0.3) is 0 Å². The predicted octanol–water partition coefficient (Wildman–Crippen LogP) is 3.04. The van der Waals surface area contributed by atoms with E-state index in [1.54, 1.807) is 13.8 Å². The Morgan fingerprint density at radius 2 is 1.71 bits per heavy atom. The molecule has 1 aromatic rings. The number of benzene rings is 1. The highest BCUT2D eigenvalue weighted by atomic mass is 19.1. The van der Waals surface area contributed by atoms with E-state index in [9.17, 15) is 8.78 Å². The second-order valence-electron chi connectivity index (χ2n) is 3.27. The predicted molar refractivity (Wildman–Crippen MR) is 49.8 cm³/mol. The minimum absolute atomic E-state index is 0.0315. The van der Waals surface area contributed by atoms with Crippen LogP contribution in [-0.4, -0.2) is 0 Å². The molecule has 0 saturated carbocycles. The Hall–Kier alpha value is -1.43. The van der Waals surface area contributed by atoms with Gasteiger partial charge in [0, 0.05) is 12.0 Å². The number of nitriles is 1. The van der Waals surface area contributed by atoms with Gasteiger partial charge in [-0.1, -0.05) is 6.07 Å². The van der Waals surface area contributed by atoms with Crippen LogP contribution in [0.2, 0.25) is 0 Å². The van der Waals surface area contributed by atoms with Crippen molar-refractivity contribution in [3.8, 4) is 6.07 Å². The molecule has 1 rings (SSSR count). The van der Waals surface area contributed by atoms with Crippen LogP contribution in [0.25, 0.3) is 0 Å². The standard InChI is InChI=1S/C11H11F2N/c1-7-6-8(2)11(13)9(10(7)12)4-3-5-14/h6H,3-4H2,1-2H3. The third-order valence-corrected chi connectivity index (χ3v) is 2.14. The molecule has 0 unspecified atom stereocenters. The lowest BCUT2D eigenvalue weighted by molar-refractivity contribution is 0.545. The first-order chi connectivity index (χ1) is 6.57. The maximum Gasteiger partial charge on any atom is 0.132 e. The van der Waals surface area contributed by atoms with E-state index in [0.717, 1.165) is 0 Å². The number of nitrogens with zero attached hydrogens (tertiary/aromatic N) is 1. The molecular weight excluding hydrogens is 184 g/mol. The van der Waals surface area contributed by atoms with Crippen molar-refractivity contribution >= 4 is 0 Å². The quantitative estimate of drug-likeness (QED) is 0.711. The van der Waals surface area contributed by atoms with Crippen molar-refractivity contribution in [2.75, 3.05) is 0 Å². The molecule has 14 heavy (non-hydrogen) atoms. The summed E-state index contributed by atoms with van der Waals surface area (Å²) in [7, 11) is 0. The molecule has 0 N–H and O–H groups in total. The zero-order valence-electron chi connectivity index (χ0n) is 8.19. The number of rotatable bonds is 2. The summed E-state index contributed by atoms with van der Waals surface area (Å²) < 4.78 is 26.8. The van der Waals surface area contributed by atoms with Crippen molar-refractivity contribution in [1.82, 2.24) is 0 Å². The third-order valence-electron chi connectivity index (χ3n) is 2.14. The van der Waals surface area contributed by atoms with E-state index in [2.05, 4.69) is 0 Å². The van der Waals surface area contributed by atoms with Crippen molar-refractivity contribution in [2.24, 2.45) is 0 Å². The highest BCUT2D eigenvalue weighted by Crippen LogP contribution is 2.21. The summed E-state index contributed by atoms with van der Waals surface area (Å²) in [6, 6.07) is 3.35. The summed E-state index contributed by atoms with van der Waals surface area (Å²) in [5.41, 5.74) is 0.887. The number of aryl methyl sites for hydroxylation is 2. The third kappa shape index (κ3) is 1.90. The molecule has 0 heterocycles. The van der Waals surface area contributed by atoms with Crippen LogP contribution in [0.4, 0.5) is 8.78 Å². The molecule has 74 valence electrons. The van der Waals surface area contributed by atoms with Gasteiger partial charge in [0.15, 0.2) is 0 Å². The van der Waals surface area contributed by atoms with E-state index in [1.807, 2.05) is 6.07 Å². The van der Waals surface area contributed by atoms with Crippen LogP contribution >= 0.6 is 0 Å². The monoisotopic (exact) mass is 195 g/mol. The topological polar surface area (TPSA) is 23.8 Å². The van der Waals surface area contributed by atoms with Crippen LogP contribution in [0.5, 0.6) is 0 Å². The summed E-state index contributed by atoms with van der Waals surface area (Å²) in [5.74, 6) is -1.05. The van der Waals surface area contributed by atoms with Gasteiger partial charge in [0.2, 0.25) is 0 Å². The average Bonchev–Trinajstić information content (AvgIpc) is 2.15. The van der Waals surface area contributed by atoms with Crippen LogP contribution in [0, 0.1) is 36.8 Å². The summed E-state index contributed by atoms with van der Waals surface area (Å²) in [5, 5.41) is 8.35. The first kappa shape index (κ1) is 10.6. The Balaban J connectivity index is 3.19. The molecule has 0 aliphatic carbocycles. The molecule has 0 aliphatic heterocycles. The summed E-state index contributed by atoms with van der Waals surface area (Å²) in [6.07, 6.45) is 0.271. The van der Waals surface area contributed by atoms with Crippen molar-refractivity contribution in [3.63, 3.8) is 0 Å². The molecule has 1 nitrogen and oxygen atoms in total. The van der Waals surface area contributed by atoms with Gasteiger partial charge in [-0.3, -0.25) is 0 Å². The SMILES string of the molecule is Cc1cc(C)c(F)c(CCC#N)c1F. The summed E-state index contributed by atoms with van der Waals surface area (Å²) in [4.78, 5) is 0. The van der Waals surface area contributed by atoms with Gasteiger partial charge in [-0.05, 0) is 31.4 Å². The highest BCUT2D eigenvalue weighted by molar-refractivity contribution is 5.32. The van der Waals surface area contributed by atoms with Gasteiger partial charge in [-0.25, -0.2) is 8.78 Å². The summed E-state index contributed by atoms with van der Waals surface area (Å²) >= 11 is 0. The molecular formula is C11H11F2N. The largest absolute Gasteiger partial charge is 0.206 e. The zero-order chi connectivity index (χ0) is 10.7. The van der Waals surface area contributed by atoms with E-state index in [-0.39, 0.29) is 18.4 Å². The Labute approximate surface area is 82.0 Å². The minimum atomic E-state index is -0.525. The maximum atomic E-state index is 13.4.